The number of hydrogen-bond acceptors (Lipinski definition) is 3. The third-order valence-electron chi connectivity index (χ3n) is 5.10. The number of carbonyl (C=O) groups is 1. The number of aryl methyl sites for hydroxylation is 3. The highest BCUT2D eigenvalue weighted by Crippen LogP contribution is 2.33. The molecule has 1 amide bonds. The van der Waals surface area contributed by atoms with Gasteiger partial charge in [-0.15, -0.1) is 0 Å². The lowest BCUT2D eigenvalue weighted by Crippen LogP contribution is -2.25. The number of hydrogen-bond donors (Lipinski definition) is 2. The molecule has 2 aromatic heterocycles. The quantitative estimate of drug-likeness (QED) is 0.772. The van der Waals surface area contributed by atoms with Crippen molar-refractivity contribution >= 4 is 5.91 Å². The van der Waals surface area contributed by atoms with E-state index in [2.05, 4.69) is 32.7 Å². The Morgan fingerprint density at radius 2 is 2.08 bits per heavy atom. The summed E-state index contributed by atoms with van der Waals surface area (Å²) >= 11 is 0. The summed E-state index contributed by atoms with van der Waals surface area (Å²) in [6.45, 7) is 4.44. The number of benzene rings is 1. The Bertz CT molecular complexity index is 966. The summed E-state index contributed by atoms with van der Waals surface area (Å²) in [6, 6.07) is 8.25. The number of rotatable bonds is 3. The van der Waals surface area contributed by atoms with Crippen LogP contribution in [0.15, 0.2) is 24.3 Å². The van der Waals surface area contributed by atoms with Crippen molar-refractivity contribution < 1.29 is 4.79 Å². The average molecular weight is 335 g/mol. The first kappa shape index (κ1) is 15.6. The lowest BCUT2D eigenvalue weighted by atomic mass is 9.89. The highest BCUT2D eigenvalue weighted by Gasteiger charge is 2.25. The molecule has 25 heavy (non-hydrogen) atoms. The minimum atomic E-state index is -0.115. The molecular weight excluding hydrogens is 314 g/mol. The van der Waals surface area contributed by atoms with Crippen molar-refractivity contribution in [1.29, 1.82) is 0 Å². The summed E-state index contributed by atoms with van der Waals surface area (Å²) in [4.78, 5) is 12.7. The second kappa shape index (κ2) is 5.88. The van der Waals surface area contributed by atoms with Crippen LogP contribution in [0.1, 0.15) is 38.6 Å². The van der Waals surface area contributed by atoms with Gasteiger partial charge in [0.25, 0.3) is 5.91 Å². The van der Waals surface area contributed by atoms with Crippen molar-refractivity contribution in [3.05, 3.63) is 58.0 Å². The molecule has 1 aliphatic carbocycles. The van der Waals surface area contributed by atoms with Gasteiger partial charge in [-0.05, 0) is 32.3 Å². The third-order valence-corrected chi connectivity index (χ3v) is 5.10. The van der Waals surface area contributed by atoms with Crippen LogP contribution in [0.2, 0.25) is 0 Å². The molecule has 2 N–H and O–H groups in total. The maximum atomic E-state index is 12.7. The van der Waals surface area contributed by atoms with E-state index in [1.54, 1.807) is 0 Å². The first-order valence-electron chi connectivity index (χ1n) is 8.49. The minimum Gasteiger partial charge on any atom is -0.346 e. The number of nitrogens with zero attached hydrogens (tertiary/aromatic N) is 3. The van der Waals surface area contributed by atoms with E-state index in [-0.39, 0.29) is 5.91 Å². The van der Waals surface area contributed by atoms with E-state index in [9.17, 15) is 4.79 Å². The number of carbonyl (C=O) groups excluding carboxylic acids is 1. The zero-order chi connectivity index (χ0) is 17.6. The predicted molar refractivity (Wildman–Crippen MR) is 95.3 cm³/mol. The molecule has 6 heteroatoms. The van der Waals surface area contributed by atoms with Crippen molar-refractivity contribution in [2.75, 3.05) is 0 Å². The molecule has 1 aromatic carbocycles. The molecule has 3 aromatic rings. The lowest BCUT2D eigenvalue weighted by molar-refractivity contribution is 0.0945. The maximum absolute atomic E-state index is 12.7. The molecule has 0 saturated heterocycles. The highest BCUT2D eigenvalue weighted by molar-refractivity contribution is 5.96. The molecule has 6 nitrogen and oxygen atoms in total. The Morgan fingerprint density at radius 1 is 1.28 bits per heavy atom. The van der Waals surface area contributed by atoms with Gasteiger partial charge in [0, 0.05) is 36.0 Å². The third kappa shape index (κ3) is 2.54. The van der Waals surface area contributed by atoms with E-state index in [0.717, 1.165) is 46.6 Å². The summed E-state index contributed by atoms with van der Waals surface area (Å²) in [5, 5.41) is 14.8. The van der Waals surface area contributed by atoms with Gasteiger partial charge in [0.15, 0.2) is 0 Å². The standard InChI is InChI=1S/C19H21N5O/c1-11-16(12(2)24(3)23-11)10-20-19(25)18-15-9-8-13-6-4-5-7-14(13)17(15)21-22-18/h4-7H,8-10H2,1-3H3,(H,20,25)(H,21,22). The molecule has 1 aliphatic rings. The lowest BCUT2D eigenvalue weighted by Gasteiger charge is -2.15. The van der Waals surface area contributed by atoms with Crippen LogP contribution >= 0.6 is 0 Å². The Hall–Kier alpha value is -2.89. The molecule has 4 rings (SSSR count). The van der Waals surface area contributed by atoms with Gasteiger partial charge in [-0.2, -0.15) is 10.2 Å². The Balaban J connectivity index is 1.58. The van der Waals surface area contributed by atoms with Gasteiger partial charge in [0.2, 0.25) is 0 Å². The number of fused-ring (bicyclic) bond motifs is 3. The summed E-state index contributed by atoms with van der Waals surface area (Å²) < 4.78 is 1.84. The van der Waals surface area contributed by atoms with Crippen LogP contribution in [0.25, 0.3) is 11.3 Å². The number of H-pyrrole nitrogens is 1. The number of amides is 1. The van der Waals surface area contributed by atoms with Crippen molar-refractivity contribution in [3.63, 3.8) is 0 Å². The summed E-state index contributed by atoms with van der Waals surface area (Å²) in [7, 11) is 1.91. The number of aromatic amines is 1. The van der Waals surface area contributed by atoms with Gasteiger partial charge in [0.1, 0.15) is 5.69 Å². The first-order chi connectivity index (χ1) is 12.1. The predicted octanol–water partition coefficient (Wildman–Crippen LogP) is 2.46. The number of aromatic nitrogens is 4. The van der Waals surface area contributed by atoms with Crippen LogP contribution in [-0.4, -0.2) is 25.9 Å². The molecule has 0 unspecified atom stereocenters. The first-order valence-corrected chi connectivity index (χ1v) is 8.49. The summed E-state index contributed by atoms with van der Waals surface area (Å²) in [6.07, 6.45) is 1.76. The maximum Gasteiger partial charge on any atom is 0.269 e. The largest absolute Gasteiger partial charge is 0.346 e. The normalized spacial score (nSPS) is 12.6. The van der Waals surface area contributed by atoms with Gasteiger partial charge in [0.05, 0.1) is 11.4 Å². The van der Waals surface area contributed by atoms with E-state index in [1.165, 1.54) is 5.56 Å². The topological polar surface area (TPSA) is 75.6 Å². The molecule has 0 fully saturated rings. The van der Waals surface area contributed by atoms with Gasteiger partial charge in [-0.3, -0.25) is 14.6 Å². The van der Waals surface area contributed by atoms with E-state index in [1.807, 2.05) is 37.7 Å². The molecule has 0 spiro atoms. The van der Waals surface area contributed by atoms with Crippen LogP contribution in [0.5, 0.6) is 0 Å². The SMILES string of the molecule is Cc1nn(C)c(C)c1CNC(=O)c1[nH]nc2c1CCc1ccccc1-2. The fraction of sp³-hybridized carbons (Fsp3) is 0.316. The second-order valence-corrected chi connectivity index (χ2v) is 6.54. The highest BCUT2D eigenvalue weighted by atomic mass is 16.1. The fourth-order valence-corrected chi connectivity index (χ4v) is 3.58. The molecule has 0 atom stereocenters. The Kier molecular flexibility index (Phi) is 3.67. The van der Waals surface area contributed by atoms with Gasteiger partial charge < -0.3 is 5.32 Å². The van der Waals surface area contributed by atoms with E-state index >= 15 is 0 Å². The monoisotopic (exact) mass is 335 g/mol. The van der Waals surface area contributed by atoms with Gasteiger partial charge >= 0.3 is 0 Å². The number of nitrogens with one attached hydrogen (secondary N) is 2. The molecule has 0 radical (unpaired) electrons. The van der Waals surface area contributed by atoms with Crippen LogP contribution in [0.4, 0.5) is 0 Å². The molecule has 128 valence electrons. The van der Waals surface area contributed by atoms with E-state index in [4.69, 9.17) is 0 Å². The molecule has 2 heterocycles. The van der Waals surface area contributed by atoms with Crippen molar-refractivity contribution in [2.24, 2.45) is 7.05 Å². The smallest absolute Gasteiger partial charge is 0.269 e. The fourth-order valence-electron chi connectivity index (χ4n) is 3.58. The average Bonchev–Trinajstić information content (AvgIpc) is 3.15. The molecule has 0 saturated carbocycles. The van der Waals surface area contributed by atoms with Crippen LogP contribution in [0.3, 0.4) is 0 Å². The molecular formula is C19H21N5O. The Labute approximate surface area is 146 Å². The van der Waals surface area contributed by atoms with Gasteiger partial charge in [-0.1, -0.05) is 24.3 Å². The van der Waals surface area contributed by atoms with Gasteiger partial charge in [-0.25, -0.2) is 0 Å². The van der Waals surface area contributed by atoms with Crippen molar-refractivity contribution in [2.45, 2.75) is 33.2 Å². The Morgan fingerprint density at radius 3 is 2.84 bits per heavy atom. The molecule has 0 bridgehead atoms. The zero-order valence-electron chi connectivity index (χ0n) is 14.7. The van der Waals surface area contributed by atoms with Crippen LogP contribution in [0, 0.1) is 13.8 Å². The van der Waals surface area contributed by atoms with E-state index < -0.39 is 0 Å². The van der Waals surface area contributed by atoms with Crippen molar-refractivity contribution in [1.82, 2.24) is 25.3 Å². The minimum absolute atomic E-state index is 0.115. The molecule has 0 aliphatic heterocycles. The second-order valence-electron chi connectivity index (χ2n) is 6.54. The summed E-state index contributed by atoms with van der Waals surface area (Å²) in [5.41, 5.74) is 7.97. The van der Waals surface area contributed by atoms with E-state index in [0.29, 0.717) is 12.2 Å². The van der Waals surface area contributed by atoms with Crippen molar-refractivity contribution in [3.8, 4) is 11.3 Å². The van der Waals surface area contributed by atoms with Crippen LogP contribution in [-0.2, 0) is 26.4 Å². The van der Waals surface area contributed by atoms with Crippen LogP contribution < -0.4 is 5.32 Å². The zero-order valence-corrected chi connectivity index (χ0v) is 14.7. The summed E-state index contributed by atoms with van der Waals surface area (Å²) in [5.74, 6) is -0.115.